The lowest BCUT2D eigenvalue weighted by molar-refractivity contribution is -0.0763. The molecule has 0 radical (unpaired) electrons. The molecule has 1 amide bonds. The molecule has 1 aromatic heterocycles. The van der Waals surface area contributed by atoms with Crippen LogP contribution in [0, 0.1) is 0 Å². The van der Waals surface area contributed by atoms with Crippen molar-refractivity contribution in [2.75, 3.05) is 26.0 Å². The van der Waals surface area contributed by atoms with Crippen LogP contribution in [0.3, 0.4) is 0 Å². The van der Waals surface area contributed by atoms with E-state index in [9.17, 15) is 13.2 Å². The molecule has 2 aliphatic heterocycles. The molecule has 3 heterocycles. The molecule has 0 aromatic carbocycles. The van der Waals surface area contributed by atoms with Gasteiger partial charge in [0.1, 0.15) is 0 Å². The molecule has 2 fully saturated rings. The molecule has 1 N–H and O–H groups in total. The van der Waals surface area contributed by atoms with Crippen molar-refractivity contribution < 1.29 is 17.9 Å². The van der Waals surface area contributed by atoms with Crippen LogP contribution >= 0.6 is 11.3 Å². The third-order valence-corrected chi connectivity index (χ3v) is 5.83. The molecular weight excluding hydrogens is 324 g/mol. The SMILES string of the molecule is CS(=O)(=O)N[C@@H]1CCO[C@]2(CCN(C(=O)c3cccs3)C2)C1. The average molecular weight is 344 g/mol. The van der Waals surface area contributed by atoms with Gasteiger partial charge in [-0.25, -0.2) is 13.1 Å². The first-order valence-electron chi connectivity index (χ1n) is 7.31. The van der Waals surface area contributed by atoms with Crippen molar-refractivity contribution in [3.8, 4) is 0 Å². The lowest BCUT2D eigenvalue weighted by atomic mass is 9.90. The minimum Gasteiger partial charge on any atom is -0.373 e. The topological polar surface area (TPSA) is 75.7 Å². The van der Waals surface area contributed by atoms with Crippen molar-refractivity contribution in [3.63, 3.8) is 0 Å². The van der Waals surface area contributed by atoms with Gasteiger partial charge in [-0.05, 0) is 30.7 Å². The predicted octanol–water partition coefficient (Wildman–Crippen LogP) is 1.06. The lowest BCUT2D eigenvalue weighted by Crippen LogP contribution is -2.50. The van der Waals surface area contributed by atoms with Crippen LogP contribution in [0.1, 0.15) is 28.9 Å². The first kappa shape index (κ1) is 15.9. The first-order chi connectivity index (χ1) is 10.4. The minimum absolute atomic E-state index is 0.0358. The highest BCUT2D eigenvalue weighted by Crippen LogP contribution is 2.35. The Morgan fingerprint density at radius 3 is 3.05 bits per heavy atom. The smallest absolute Gasteiger partial charge is 0.264 e. The Bertz CT molecular complexity index is 644. The van der Waals surface area contributed by atoms with Crippen LogP contribution < -0.4 is 4.72 Å². The molecule has 3 rings (SSSR count). The van der Waals surface area contributed by atoms with E-state index in [2.05, 4.69) is 4.72 Å². The number of nitrogens with one attached hydrogen (secondary N) is 1. The molecule has 2 aliphatic rings. The fourth-order valence-electron chi connectivity index (χ4n) is 3.29. The summed E-state index contributed by atoms with van der Waals surface area (Å²) in [6.45, 7) is 1.71. The number of sulfonamides is 1. The number of carbonyl (C=O) groups excluding carboxylic acids is 1. The Kier molecular flexibility index (Phi) is 4.28. The van der Waals surface area contributed by atoms with E-state index in [0.29, 0.717) is 32.5 Å². The number of ether oxygens (including phenoxy) is 1. The van der Waals surface area contributed by atoms with Crippen LogP contribution in [-0.4, -0.2) is 56.8 Å². The summed E-state index contributed by atoms with van der Waals surface area (Å²) in [6.07, 6.45) is 3.23. The number of thiophene rings is 1. The van der Waals surface area contributed by atoms with Crippen LogP contribution in [0.4, 0.5) is 0 Å². The van der Waals surface area contributed by atoms with Gasteiger partial charge in [-0.1, -0.05) is 6.07 Å². The summed E-state index contributed by atoms with van der Waals surface area (Å²) in [4.78, 5) is 15.0. The van der Waals surface area contributed by atoms with Crippen LogP contribution in [0.15, 0.2) is 17.5 Å². The van der Waals surface area contributed by atoms with Gasteiger partial charge in [0, 0.05) is 19.2 Å². The summed E-state index contributed by atoms with van der Waals surface area (Å²) < 4.78 is 31.4. The molecule has 0 aliphatic carbocycles. The predicted molar refractivity (Wildman–Crippen MR) is 84.5 cm³/mol. The zero-order valence-corrected chi connectivity index (χ0v) is 14.1. The van der Waals surface area contributed by atoms with E-state index in [1.54, 1.807) is 0 Å². The van der Waals surface area contributed by atoms with Gasteiger partial charge in [-0.3, -0.25) is 4.79 Å². The van der Waals surface area contributed by atoms with Crippen LogP contribution in [0.25, 0.3) is 0 Å². The summed E-state index contributed by atoms with van der Waals surface area (Å²) in [5.74, 6) is 0.0358. The highest BCUT2D eigenvalue weighted by molar-refractivity contribution is 7.88. The van der Waals surface area contributed by atoms with Gasteiger partial charge in [0.15, 0.2) is 0 Å². The van der Waals surface area contributed by atoms with E-state index in [1.165, 1.54) is 17.6 Å². The number of carbonyl (C=O) groups is 1. The molecule has 22 heavy (non-hydrogen) atoms. The molecule has 122 valence electrons. The maximum atomic E-state index is 12.4. The van der Waals surface area contributed by atoms with Crippen LogP contribution in [0.2, 0.25) is 0 Å². The largest absolute Gasteiger partial charge is 0.373 e. The normalized spacial score (nSPS) is 29.1. The fourth-order valence-corrected chi connectivity index (χ4v) is 4.79. The molecule has 1 aromatic rings. The van der Waals surface area contributed by atoms with E-state index in [-0.39, 0.29) is 11.9 Å². The maximum Gasteiger partial charge on any atom is 0.264 e. The van der Waals surface area contributed by atoms with E-state index in [0.717, 1.165) is 11.3 Å². The van der Waals surface area contributed by atoms with Crippen molar-refractivity contribution in [2.24, 2.45) is 0 Å². The second kappa shape index (κ2) is 5.92. The maximum absolute atomic E-state index is 12.4. The van der Waals surface area contributed by atoms with Crippen LogP contribution in [0.5, 0.6) is 0 Å². The van der Waals surface area contributed by atoms with Crippen molar-refractivity contribution in [1.82, 2.24) is 9.62 Å². The zero-order valence-electron chi connectivity index (χ0n) is 12.4. The summed E-state index contributed by atoms with van der Waals surface area (Å²) in [7, 11) is -3.22. The molecule has 0 saturated carbocycles. The third-order valence-electron chi connectivity index (χ3n) is 4.21. The summed E-state index contributed by atoms with van der Waals surface area (Å²) in [5, 5.41) is 1.89. The molecular formula is C14H20N2O4S2. The molecule has 8 heteroatoms. The summed E-state index contributed by atoms with van der Waals surface area (Å²) >= 11 is 1.44. The van der Waals surface area contributed by atoms with E-state index < -0.39 is 15.6 Å². The quantitative estimate of drug-likeness (QED) is 0.890. The zero-order chi connectivity index (χ0) is 15.8. The van der Waals surface area contributed by atoms with Gasteiger partial charge in [0.2, 0.25) is 10.0 Å². The Morgan fingerprint density at radius 2 is 2.36 bits per heavy atom. The van der Waals surface area contributed by atoms with Crippen molar-refractivity contribution in [2.45, 2.75) is 30.9 Å². The number of likely N-dealkylation sites (tertiary alicyclic amines) is 1. The summed E-state index contributed by atoms with van der Waals surface area (Å²) in [5.41, 5.74) is -0.409. The van der Waals surface area contributed by atoms with Crippen molar-refractivity contribution in [1.29, 1.82) is 0 Å². The van der Waals surface area contributed by atoms with Gasteiger partial charge in [0.25, 0.3) is 5.91 Å². The lowest BCUT2D eigenvalue weighted by Gasteiger charge is -2.38. The first-order valence-corrected chi connectivity index (χ1v) is 10.1. The van der Waals surface area contributed by atoms with Gasteiger partial charge in [-0.15, -0.1) is 11.3 Å². The Hall–Kier alpha value is -0.960. The molecule has 6 nitrogen and oxygen atoms in total. The number of amides is 1. The summed E-state index contributed by atoms with van der Waals surface area (Å²) in [6, 6.07) is 3.58. The van der Waals surface area contributed by atoms with Gasteiger partial charge in [0.05, 0.1) is 23.3 Å². The standard InChI is InChI=1S/C14H20N2O4S2/c1-22(18,19)15-11-4-7-20-14(9-11)5-6-16(10-14)13(17)12-3-2-8-21-12/h2-3,8,11,15H,4-7,9-10H2,1H3/t11-,14-/m1/s1. The Morgan fingerprint density at radius 1 is 1.55 bits per heavy atom. The number of hydrogen-bond donors (Lipinski definition) is 1. The van der Waals surface area contributed by atoms with Crippen molar-refractivity contribution in [3.05, 3.63) is 22.4 Å². The molecule has 2 saturated heterocycles. The Balaban J connectivity index is 1.66. The monoisotopic (exact) mass is 344 g/mol. The van der Waals surface area contributed by atoms with Crippen LogP contribution in [-0.2, 0) is 14.8 Å². The van der Waals surface area contributed by atoms with E-state index in [4.69, 9.17) is 4.74 Å². The second-order valence-corrected chi connectivity index (χ2v) is 8.79. The third kappa shape index (κ3) is 3.51. The van der Waals surface area contributed by atoms with Gasteiger partial charge in [-0.2, -0.15) is 0 Å². The van der Waals surface area contributed by atoms with Crippen molar-refractivity contribution >= 4 is 27.3 Å². The molecule has 1 spiro atoms. The number of rotatable bonds is 3. The molecule has 0 bridgehead atoms. The van der Waals surface area contributed by atoms with E-state index in [1.807, 2.05) is 22.4 Å². The van der Waals surface area contributed by atoms with Gasteiger partial charge >= 0.3 is 0 Å². The molecule has 0 unspecified atom stereocenters. The molecule has 2 atom stereocenters. The number of nitrogens with zero attached hydrogens (tertiary/aromatic N) is 1. The Labute approximate surface area is 134 Å². The highest BCUT2D eigenvalue weighted by Gasteiger charge is 2.45. The van der Waals surface area contributed by atoms with Gasteiger partial charge < -0.3 is 9.64 Å². The fraction of sp³-hybridized carbons (Fsp3) is 0.643. The number of hydrogen-bond acceptors (Lipinski definition) is 5. The second-order valence-electron chi connectivity index (χ2n) is 6.07. The average Bonchev–Trinajstić information content (AvgIpc) is 3.06. The minimum atomic E-state index is -3.22. The highest BCUT2D eigenvalue weighted by atomic mass is 32.2. The van der Waals surface area contributed by atoms with E-state index >= 15 is 0 Å².